The van der Waals surface area contributed by atoms with Crippen LogP contribution in [0.15, 0.2) is 53.4 Å². The summed E-state index contributed by atoms with van der Waals surface area (Å²) in [6.07, 6.45) is 0.824. The van der Waals surface area contributed by atoms with Crippen LogP contribution in [0.25, 0.3) is 0 Å². The van der Waals surface area contributed by atoms with E-state index in [2.05, 4.69) is 0 Å². The molecule has 0 aromatic heterocycles. The summed E-state index contributed by atoms with van der Waals surface area (Å²) in [5, 5.41) is -0.493. The molecule has 0 N–H and O–H groups in total. The Balaban J connectivity index is 1.70. The molecule has 7 heteroatoms. The first kappa shape index (κ1) is 19.2. The van der Waals surface area contributed by atoms with Crippen LogP contribution in [0.4, 0.5) is 0 Å². The highest BCUT2D eigenvalue weighted by atomic mass is 32.2. The second-order valence-electron chi connectivity index (χ2n) is 6.41. The summed E-state index contributed by atoms with van der Waals surface area (Å²) in [5.41, 5.74) is 0.497. The van der Waals surface area contributed by atoms with Crippen molar-refractivity contribution >= 4 is 15.7 Å². The van der Waals surface area contributed by atoms with Gasteiger partial charge in [0.1, 0.15) is 11.5 Å². The van der Waals surface area contributed by atoms with Crippen LogP contribution in [-0.2, 0) is 9.84 Å². The van der Waals surface area contributed by atoms with E-state index in [1.165, 1.54) is 14.2 Å². The summed E-state index contributed by atoms with van der Waals surface area (Å²) < 4.78 is 36.1. The molecule has 1 heterocycles. The molecule has 27 heavy (non-hydrogen) atoms. The average Bonchev–Trinajstić information content (AvgIpc) is 2.73. The molecule has 1 aliphatic rings. The number of para-hydroxylation sites is 1. The number of methoxy groups -OCH3 is 2. The van der Waals surface area contributed by atoms with Crippen LogP contribution in [0.3, 0.4) is 0 Å². The first-order chi connectivity index (χ1) is 13.0. The maximum atomic E-state index is 12.9. The van der Waals surface area contributed by atoms with Gasteiger partial charge in [0.15, 0.2) is 9.84 Å². The van der Waals surface area contributed by atoms with Crippen LogP contribution in [-0.4, -0.2) is 51.8 Å². The van der Waals surface area contributed by atoms with E-state index >= 15 is 0 Å². The molecule has 1 amide bonds. The van der Waals surface area contributed by atoms with E-state index in [0.29, 0.717) is 43.0 Å². The minimum absolute atomic E-state index is 0.132. The summed E-state index contributed by atoms with van der Waals surface area (Å²) in [5.74, 6) is 1.01. The van der Waals surface area contributed by atoms with Crippen molar-refractivity contribution in [3.05, 3.63) is 54.1 Å². The summed E-state index contributed by atoms with van der Waals surface area (Å²) in [7, 11) is -0.365. The largest absolute Gasteiger partial charge is 0.497 e. The standard InChI is InChI=1S/C20H23NO5S/c1-25-15-7-9-16(10-8-15)27(23,24)17-11-13-21(14-12-17)20(22)18-5-3-4-6-19(18)26-2/h3-10,17H,11-14H2,1-2H3. The van der Waals surface area contributed by atoms with Gasteiger partial charge >= 0.3 is 0 Å². The van der Waals surface area contributed by atoms with Crippen LogP contribution >= 0.6 is 0 Å². The minimum Gasteiger partial charge on any atom is -0.497 e. The number of benzene rings is 2. The number of hydrogen-bond donors (Lipinski definition) is 0. The monoisotopic (exact) mass is 389 g/mol. The van der Waals surface area contributed by atoms with E-state index in [-0.39, 0.29) is 10.8 Å². The van der Waals surface area contributed by atoms with Gasteiger partial charge in [0.05, 0.1) is 29.9 Å². The molecule has 0 saturated carbocycles. The fourth-order valence-electron chi connectivity index (χ4n) is 3.32. The van der Waals surface area contributed by atoms with Gasteiger partial charge in [0, 0.05) is 13.1 Å². The SMILES string of the molecule is COc1ccc(S(=O)(=O)C2CCN(C(=O)c3ccccc3OC)CC2)cc1. The summed E-state index contributed by atoms with van der Waals surface area (Å²) in [6, 6.07) is 13.5. The zero-order valence-electron chi connectivity index (χ0n) is 15.4. The normalized spacial score (nSPS) is 15.4. The van der Waals surface area contributed by atoms with Gasteiger partial charge in [-0.05, 0) is 49.2 Å². The van der Waals surface area contributed by atoms with Crippen LogP contribution in [0, 0.1) is 0 Å². The molecule has 1 fully saturated rings. The molecule has 0 aliphatic carbocycles. The highest BCUT2D eigenvalue weighted by Crippen LogP contribution is 2.28. The molecule has 3 rings (SSSR count). The third-order valence-electron chi connectivity index (χ3n) is 4.89. The van der Waals surface area contributed by atoms with Crippen LogP contribution in [0.2, 0.25) is 0 Å². The fraction of sp³-hybridized carbons (Fsp3) is 0.350. The van der Waals surface area contributed by atoms with Gasteiger partial charge in [-0.1, -0.05) is 12.1 Å². The van der Waals surface area contributed by atoms with Gasteiger partial charge in [-0.2, -0.15) is 0 Å². The zero-order chi connectivity index (χ0) is 19.4. The quantitative estimate of drug-likeness (QED) is 0.786. The third kappa shape index (κ3) is 3.93. The van der Waals surface area contributed by atoms with E-state index in [4.69, 9.17) is 9.47 Å². The Kier molecular flexibility index (Phi) is 5.70. The number of hydrogen-bond acceptors (Lipinski definition) is 5. The smallest absolute Gasteiger partial charge is 0.257 e. The van der Waals surface area contributed by atoms with Crippen molar-refractivity contribution in [2.45, 2.75) is 23.0 Å². The lowest BCUT2D eigenvalue weighted by Crippen LogP contribution is -2.42. The number of rotatable bonds is 5. The molecule has 0 unspecified atom stereocenters. The van der Waals surface area contributed by atoms with E-state index in [1.807, 2.05) is 6.07 Å². The van der Waals surface area contributed by atoms with Crippen molar-refractivity contribution in [2.24, 2.45) is 0 Å². The number of amides is 1. The Hall–Kier alpha value is -2.54. The first-order valence-corrected chi connectivity index (χ1v) is 10.3. The topological polar surface area (TPSA) is 72.9 Å². The minimum atomic E-state index is -3.43. The second-order valence-corrected chi connectivity index (χ2v) is 8.64. The fourth-order valence-corrected chi connectivity index (χ4v) is 5.05. The number of sulfone groups is 1. The number of ether oxygens (including phenoxy) is 2. The van der Waals surface area contributed by atoms with E-state index < -0.39 is 15.1 Å². The molecule has 1 saturated heterocycles. The van der Waals surface area contributed by atoms with Gasteiger partial charge in [-0.25, -0.2) is 8.42 Å². The predicted molar refractivity (Wildman–Crippen MR) is 102 cm³/mol. The molecule has 6 nitrogen and oxygen atoms in total. The Bertz CT molecular complexity index is 900. The van der Waals surface area contributed by atoms with Crippen molar-refractivity contribution < 1.29 is 22.7 Å². The second kappa shape index (κ2) is 8.00. The summed E-state index contributed by atoms with van der Waals surface area (Å²) in [6.45, 7) is 0.799. The highest BCUT2D eigenvalue weighted by molar-refractivity contribution is 7.92. The Morgan fingerprint density at radius 2 is 1.59 bits per heavy atom. The van der Waals surface area contributed by atoms with Crippen molar-refractivity contribution in [2.75, 3.05) is 27.3 Å². The van der Waals surface area contributed by atoms with Crippen molar-refractivity contribution in [1.29, 1.82) is 0 Å². The molecule has 144 valence electrons. The molecular weight excluding hydrogens is 366 g/mol. The first-order valence-electron chi connectivity index (χ1n) is 8.77. The molecule has 0 bridgehead atoms. The maximum absolute atomic E-state index is 12.9. The Morgan fingerprint density at radius 1 is 0.963 bits per heavy atom. The molecule has 2 aromatic rings. The van der Waals surface area contributed by atoms with Crippen LogP contribution in [0.1, 0.15) is 23.2 Å². The van der Waals surface area contributed by atoms with Crippen molar-refractivity contribution in [1.82, 2.24) is 4.90 Å². The summed E-state index contributed by atoms with van der Waals surface area (Å²) in [4.78, 5) is 14.7. The molecular formula is C20H23NO5S. The van der Waals surface area contributed by atoms with E-state index in [0.717, 1.165) is 0 Å². The lowest BCUT2D eigenvalue weighted by Gasteiger charge is -2.32. The lowest BCUT2D eigenvalue weighted by molar-refractivity contribution is 0.0722. The van der Waals surface area contributed by atoms with E-state index in [9.17, 15) is 13.2 Å². The number of piperidine rings is 1. The zero-order valence-corrected chi connectivity index (χ0v) is 16.2. The Morgan fingerprint density at radius 3 is 2.19 bits per heavy atom. The number of likely N-dealkylation sites (tertiary alicyclic amines) is 1. The van der Waals surface area contributed by atoms with Gasteiger partial charge in [0.2, 0.25) is 0 Å². The summed E-state index contributed by atoms with van der Waals surface area (Å²) >= 11 is 0. The van der Waals surface area contributed by atoms with Crippen LogP contribution < -0.4 is 9.47 Å². The molecule has 0 radical (unpaired) electrons. The number of carbonyl (C=O) groups is 1. The van der Waals surface area contributed by atoms with Crippen molar-refractivity contribution in [3.8, 4) is 11.5 Å². The molecule has 2 aromatic carbocycles. The molecule has 0 spiro atoms. The number of carbonyl (C=O) groups excluding carboxylic acids is 1. The number of nitrogens with zero attached hydrogens (tertiary/aromatic N) is 1. The Labute approximate surface area is 159 Å². The van der Waals surface area contributed by atoms with Crippen LogP contribution in [0.5, 0.6) is 11.5 Å². The van der Waals surface area contributed by atoms with Crippen molar-refractivity contribution in [3.63, 3.8) is 0 Å². The highest BCUT2D eigenvalue weighted by Gasteiger charge is 2.33. The average molecular weight is 389 g/mol. The third-order valence-corrected chi connectivity index (χ3v) is 7.17. The maximum Gasteiger partial charge on any atom is 0.257 e. The molecule has 0 atom stereocenters. The van der Waals surface area contributed by atoms with Gasteiger partial charge in [-0.15, -0.1) is 0 Å². The van der Waals surface area contributed by atoms with Gasteiger partial charge in [0.25, 0.3) is 5.91 Å². The van der Waals surface area contributed by atoms with Gasteiger partial charge in [-0.3, -0.25) is 4.79 Å². The predicted octanol–water partition coefficient (Wildman–Crippen LogP) is 2.78. The lowest BCUT2D eigenvalue weighted by atomic mass is 10.1. The van der Waals surface area contributed by atoms with Gasteiger partial charge < -0.3 is 14.4 Å². The van der Waals surface area contributed by atoms with E-state index in [1.54, 1.807) is 47.4 Å². The molecule has 1 aliphatic heterocycles.